The lowest BCUT2D eigenvalue weighted by atomic mass is 9.54. The molecule has 0 aromatic heterocycles. The number of carbonyl (C=O) groups is 1. The fourth-order valence-electron chi connectivity index (χ4n) is 4.41. The van der Waals surface area contributed by atoms with E-state index in [0.29, 0.717) is 5.92 Å². The minimum Gasteiger partial charge on any atom is -0.461 e. The van der Waals surface area contributed by atoms with Crippen molar-refractivity contribution in [3.05, 3.63) is 12.2 Å². The van der Waals surface area contributed by atoms with Crippen molar-refractivity contribution in [1.82, 2.24) is 0 Å². The molecule has 1 heterocycles. The van der Waals surface area contributed by atoms with Crippen LogP contribution in [0.25, 0.3) is 0 Å². The van der Waals surface area contributed by atoms with E-state index >= 15 is 0 Å². The van der Waals surface area contributed by atoms with E-state index in [1.165, 1.54) is 5.57 Å². The normalized spacial score (nSPS) is 51.6. The summed E-state index contributed by atoms with van der Waals surface area (Å²) < 4.78 is 5.62. The molecule has 0 radical (unpaired) electrons. The van der Waals surface area contributed by atoms with Gasteiger partial charge in [-0.05, 0) is 25.7 Å². The molecule has 0 spiro atoms. The lowest BCUT2D eigenvalue weighted by Crippen LogP contribution is -2.53. The maximum atomic E-state index is 11.8. The second kappa shape index (κ2) is 3.83. The molecule has 3 nitrogen and oxygen atoms in total. The van der Waals surface area contributed by atoms with Gasteiger partial charge >= 0.3 is 5.97 Å². The number of aliphatic hydroxyl groups is 1. The summed E-state index contributed by atoms with van der Waals surface area (Å²) >= 11 is 0. The number of esters is 1. The zero-order valence-electron chi connectivity index (χ0n) is 11.2. The maximum absolute atomic E-state index is 11.8. The Hall–Kier alpha value is -0.830. The van der Waals surface area contributed by atoms with E-state index in [2.05, 4.69) is 13.5 Å². The largest absolute Gasteiger partial charge is 0.461 e. The molecule has 0 amide bonds. The van der Waals surface area contributed by atoms with Crippen molar-refractivity contribution < 1.29 is 14.6 Å². The van der Waals surface area contributed by atoms with Crippen molar-refractivity contribution in [1.29, 1.82) is 0 Å². The van der Waals surface area contributed by atoms with E-state index in [1.54, 1.807) is 0 Å². The summed E-state index contributed by atoms with van der Waals surface area (Å²) in [5, 5.41) is 10.4. The molecule has 0 aromatic carbocycles. The number of hydrogen-bond acceptors (Lipinski definition) is 3. The van der Waals surface area contributed by atoms with Gasteiger partial charge in [0, 0.05) is 17.3 Å². The first-order valence-corrected chi connectivity index (χ1v) is 7.01. The van der Waals surface area contributed by atoms with Crippen molar-refractivity contribution >= 4 is 5.97 Å². The van der Waals surface area contributed by atoms with Gasteiger partial charge in [-0.1, -0.05) is 26.0 Å². The van der Waals surface area contributed by atoms with Crippen molar-refractivity contribution in [2.45, 2.75) is 51.7 Å². The predicted molar refractivity (Wildman–Crippen MR) is 67.7 cm³/mol. The van der Waals surface area contributed by atoms with Crippen LogP contribution in [0.2, 0.25) is 0 Å². The van der Waals surface area contributed by atoms with Crippen LogP contribution < -0.4 is 0 Å². The fraction of sp³-hybridized carbons (Fsp3) is 0.800. The van der Waals surface area contributed by atoms with Gasteiger partial charge in [-0.2, -0.15) is 0 Å². The topological polar surface area (TPSA) is 46.5 Å². The molecule has 6 atom stereocenters. The van der Waals surface area contributed by atoms with Gasteiger partial charge in [-0.3, -0.25) is 4.79 Å². The highest BCUT2D eigenvalue weighted by atomic mass is 16.6. The molecule has 3 aliphatic rings. The number of rotatable bonds is 0. The molecule has 1 saturated heterocycles. The fourth-order valence-corrected chi connectivity index (χ4v) is 4.41. The zero-order valence-corrected chi connectivity index (χ0v) is 11.2. The molecule has 1 N–H and O–H groups in total. The van der Waals surface area contributed by atoms with E-state index in [1.807, 2.05) is 6.92 Å². The van der Waals surface area contributed by atoms with Gasteiger partial charge in [0.25, 0.3) is 0 Å². The molecule has 1 aliphatic heterocycles. The Labute approximate surface area is 108 Å². The summed E-state index contributed by atoms with van der Waals surface area (Å²) in [7, 11) is 0. The Morgan fingerprint density at radius 2 is 2.17 bits per heavy atom. The van der Waals surface area contributed by atoms with Crippen LogP contribution in [0.1, 0.15) is 39.5 Å². The standard InChI is InChI=1S/C15H22O3/c1-8-4-5-11(16)15(3)7-6-10-9(2)14(17)18-13(10)12(8)15/h9-13,16H,1,4-7H2,2-3H3/t9-,10?,11+,12+,13-,15-/m0/s1. The molecule has 0 bridgehead atoms. The molecule has 3 rings (SSSR count). The van der Waals surface area contributed by atoms with Crippen molar-refractivity contribution in [2.75, 3.05) is 0 Å². The molecule has 3 heteroatoms. The minimum atomic E-state index is -0.288. The first-order valence-electron chi connectivity index (χ1n) is 7.01. The summed E-state index contributed by atoms with van der Waals surface area (Å²) in [6.07, 6.45) is 3.27. The zero-order chi connectivity index (χ0) is 13.1. The average molecular weight is 250 g/mol. The number of ether oxygens (including phenoxy) is 1. The highest BCUT2D eigenvalue weighted by Crippen LogP contribution is 2.57. The molecule has 2 aliphatic carbocycles. The summed E-state index contributed by atoms with van der Waals surface area (Å²) in [4.78, 5) is 11.8. The van der Waals surface area contributed by atoms with Gasteiger partial charge in [0.15, 0.2) is 0 Å². The van der Waals surface area contributed by atoms with Crippen LogP contribution in [0, 0.1) is 23.2 Å². The second-order valence-corrected chi connectivity index (χ2v) is 6.59. The molecular formula is C15H22O3. The Morgan fingerprint density at radius 1 is 1.44 bits per heavy atom. The van der Waals surface area contributed by atoms with Crippen molar-refractivity contribution in [2.24, 2.45) is 23.2 Å². The summed E-state index contributed by atoms with van der Waals surface area (Å²) in [6, 6.07) is 0. The molecule has 1 unspecified atom stereocenters. The molecule has 18 heavy (non-hydrogen) atoms. The van der Waals surface area contributed by atoms with Crippen LogP contribution in [-0.4, -0.2) is 23.3 Å². The number of hydrogen-bond donors (Lipinski definition) is 1. The van der Waals surface area contributed by atoms with E-state index in [9.17, 15) is 9.90 Å². The molecule has 3 fully saturated rings. The monoisotopic (exact) mass is 250 g/mol. The highest BCUT2D eigenvalue weighted by molar-refractivity contribution is 5.75. The lowest BCUT2D eigenvalue weighted by Gasteiger charge is -2.52. The summed E-state index contributed by atoms with van der Waals surface area (Å²) in [5.41, 5.74) is 1.01. The van der Waals surface area contributed by atoms with Gasteiger partial charge in [0.1, 0.15) is 6.10 Å². The van der Waals surface area contributed by atoms with Gasteiger partial charge in [0.05, 0.1) is 12.0 Å². The van der Waals surface area contributed by atoms with Crippen molar-refractivity contribution in [3.63, 3.8) is 0 Å². The van der Waals surface area contributed by atoms with Gasteiger partial charge in [0.2, 0.25) is 0 Å². The third-order valence-electron chi connectivity index (χ3n) is 5.68. The number of carbonyl (C=O) groups excluding carboxylic acids is 1. The average Bonchev–Trinajstić information content (AvgIpc) is 2.60. The Morgan fingerprint density at radius 3 is 2.89 bits per heavy atom. The van der Waals surface area contributed by atoms with Crippen LogP contribution >= 0.6 is 0 Å². The highest BCUT2D eigenvalue weighted by Gasteiger charge is 2.58. The Kier molecular flexibility index (Phi) is 2.60. The van der Waals surface area contributed by atoms with E-state index in [4.69, 9.17) is 4.74 Å². The predicted octanol–water partition coefficient (Wildman–Crippen LogP) is 2.29. The van der Waals surface area contributed by atoms with E-state index in [-0.39, 0.29) is 35.4 Å². The SMILES string of the molecule is C=C1CC[C@@H](O)[C@]2(C)CCC3[C@H](C)C(=O)O[C@@H]3[C@@H]12. The molecule has 0 aromatic rings. The number of fused-ring (bicyclic) bond motifs is 3. The smallest absolute Gasteiger partial charge is 0.309 e. The van der Waals surface area contributed by atoms with Gasteiger partial charge in [-0.15, -0.1) is 0 Å². The Balaban J connectivity index is 1.98. The first kappa shape index (κ1) is 12.2. The van der Waals surface area contributed by atoms with Crippen LogP contribution in [-0.2, 0) is 9.53 Å². The van der Waals surface area contributed by atoms with Gasteiger partial charge in [-0.25, -0.2) is 0 Å². The maximum Gasteiger partial charge on any atom is 0.309 e. The molecule has 100 valence electrons. The molecule has 2 saturated carbocycles. The second-order valence-electron chi connectivity index (χ2n) is 6.59. The lowest BCUT2D eigenvalue weighted by molar-refractivity contribution is -0.152. The van der Waals surface area contributed by atoms with E-state index < -0.39 is 0 Å². The summed E-state index contributed by atoms with van der Waals surface area (Å²) in [6.45, 7) is 8.29. The first-order chi connectivity index (χ1) is 8.45. The van der Waals surface area contributed by atoms with Crippen molar-refractivity contribution in [3.8, 4) is 0 Å². The van der Waals surface area contributed by atoms with Crippen LogP contribution in [0.3, 0.4) is 0 Å². The third-order valence-corrected chi connectivity index (χ3v) is 5.68. The quantitative estimate of drug-likeness (QED) is 0.530. The van der Waals surface area contributed by atoms with Crippen LogP contribution in [0.4, 0.5) is 0 Å². The Bertz CT molecular complexity index is 403. The molecular weight excluding hydrogens is 228 g/mol. The summed E-state index contributed by atoms with van der Waals surface area (Å²) in [5.74, 6) is 0.403. The third kappa shape index (κ3) is 1.43. The van der Waals surface area contributed by atoms with Crippen LogP contribution in [0.5, 0.6) is 0 Å². The van der Waals surface area contributed by atoms with Gasteiger partial charge < -0.3 is 9.84 Å². The minimum absolute atomic E-state index is 0.00594. The number of aliphatic hydroxyl groups excluding tert-OH is 1. The van der Waals surface area contributed by atoms with E-state index in [0.717, 1.165) is 25.7 Å². The van der Waals surface area contributed by atoms with Crippen LogP contribution in [0.15, 0.2) is 12.2 Å².